The third-order valence-corrected chi connectivity index (χ3v) is 5.24. The summed E-state index contributed by atoms with van der Waals surface area (Å²) in [7, 11) is 1.98. The number of hydrogen-bond acceptors (Lipinski definition) is 5. The third kappa shape index (κ3) is 7.09. The van der Waals surface area contributed by atoms with E-state index in [2.05, 4.69) is 44.0 Å². The monoisotopic (exact) mass is 496 g/mol. The Balaban J connectivity index is 1.62. The highest BCUT2D eigenvalue weighted by atomic mass is 79.9. The van der Waals surface area contributed by atoms with E-state index in [4.69, 9.17) is 9.47 Å². The van der Waals surface area contributed by atoms with Crippen LogP contribution in [0.2, 0.25) is 0 Å². The van der Waals surface area contributed by atoms with Gasteiger partial charge in [-0.05, 0) is 68.7 Å². The van der Waals surface area contributed by atoms with Crippen LogP contribution in [0.25, 0.3) is 0 Å². The van der Waals surface area contributed by atoms with Crippen molar-refractivity contribution in [3.05, 3.63) is 88.0 Å². The number of aromatic nitrogens is 1. The SMILES string of the molecule is CN(CCc1cc(Br)ccc1OCc1ccccc1)c1ccc(C(=O)OC(C)(C)C)cn1. The number of pyridine rings is 1. The van der Waals surface area contributed by atoms with Gasteiger partial charge in [-0.15, -0.1) is 0 Å². The van der Waals surface area contributed by atoms with E-state index in [0.717, 1.165) is 40.1 Å². The smallest absolute Gasteiger partial charge is 0.340 e. The van der Waals surface area contributed by atoms with Gasteiger partial charge in [0, 0.05) is 24.3 Å². The summed E-state index contributed by atoms with van der Waals surface area (Å²) in [6, 6.07) is 19.8. The number of anilines is 1. The zero-order chi connectivity index (χ0) is 23.1. The molecule has 168 valence electrons. The van der Waals surface area contributed by atoms with Crippen molar-refractivity contribution < 1.29 is 14.3 Å². The van der Waals surface area contributed by atoms with Gasteiger partial charge < -0.3 is 14.4 Å². The van der Waals surface area contributed by atoms with Gasteiger partial charge in [0.05, 0.1) is 5.56 Å². The molecule has 0 aliphatic rings. The van der Waals surface area contributed by atoms with Crippen LogP contribution in [0.3, 0.4) is 0 Å². The van der Waals surface area contributed by atoms with Gasteiger partial charge in [-0.1, -0.05) is 46.3 Å². The van der Waals surface area contributed by atoms with E-state index in [-0.39, 0.29) is 5.97 Å². The molecule has 6 heteroatoms. The van der Waals surface area contributed by atoms with E-state index in [9.17, 15) is 4.79 Å². The molecule has 3 rings (SSSR count). The molecule has 2 aromatic carbocycles. The van der Waals surface area contributed by atoms with Crippen molar-refractivity contribution in [2.24, 2.45) is 0 Å². The number of carbonyl (C=O) groups is 1. The molecule has 0 saturated carbocycles. The molecule has 0 fully saturated rings. The van der Waals surface area contributed by atoms with Gasteiger partial charge in [-0.2, -0.15) is 0 Å². The summed E-state index contributed by atoms with van der Waals surface area (Å²) in [6.45, 7) is 6.82. The lowest BCUT2D eigenvalue weighted by Gasteiger charge is -2.21. The largest absolute Gasteiger partial charge is 0.489 e. The zero-order valence-electron chi connectivity index (χ0n) is 19.0. The maximum Gasteiger partial charge on any atom is 0.340 e. The number of hydrogen-bond donors (Lipinski definition) is 0. The molecule has 32 heavy (non-hydrogen) atoms. The molecule has 0 atom stereocenters. The minimum absolute atomic E-state index is 0.367. The molecule has 0 aliphatic heterocycles. The quantitative estimate of drug-likeness (QED) is 0.355. The van der Waals surface area contributed by atoms with E-state index >= 15 is 0 Å². The fraction of sp³-hybridized carbons (Fsp3) is 0.308. The standard InChI is InChI=1S/C26H29BrN2O3/c1-26(2,3)32-25(30)21-10-13-24(28-17-21)29(4)15-14-20-16-22(27)11-12-23(20)31-18-19-8-6-5-7-9-19/h5-13,16-17H,14-15,18H2,1-4H3. The van der Waals surface area contributed by atoms with Crippen LogP contribution >= 0.6 is 15.9 Å². The predicted octanol–water partition coefficient (Wildman–Crippen LogP) is 6.06. The van der Waals surface area contributed by atoms with Crippen molar-refractivity contribution in [3.8, 4) is 5.75 Å². The Labute approximate surface area is 198 Å². The lowest BCUT2D eigenvalue weighted by molar-refractivity contribution is 0.00691. The first-order valence-corrected chi connectivity index (χ1v) is 11.4. The molecule has 0 radical (unpaired) electrons. The maximum atomic E-state index is 12.2. The third-order valence-electron chi connectivity index (χ3n) is 4.75. The molecular weight excluding hydrogens is 468 g/mol. The van der Waals surface area contributed by atoms with Crippen LogP contribution in [0.15, 0.2) is 71.3 Å². The topological polar surface area (TPSA) is 51.7 Å². The summed E-state index contributed by atoms with van der Waals surface area (Å²) in [5.74, 6) is 1.30. The number of benzene rings is 2. The molecule has 1 heterocycles. The Morgan fingerprint density at radius 1 is 1.06 bits per heavy atom. The summed E-state index contributed by atoms with van der Waals surface area (Å²) in [5, 5.41) is 0. The summed E-state index contributed by atoms with van der Waals surface area (Å²) in [5.41, 5.74) is 2.16. The van der Waals surface area contributed by atoms with Crippen LogP contribution in [-0.2, 0) is 17.8 Å². The molecule has 0 unspecified atom stereocenters. The predicted molar refractivity (Wildman–Crippen MR) is 131 cm³/mol. The van der Waals surface area contributed by atoms with Crippen LogP contribution < -0.4 is 9.64 Å². The highest BCUT2D eigenvalue weighted by Gasteiger charge is 2.18. The van der Waals surface area contributed by atoms with Crippen molar-refractivity contribution in [3.63, 3.8) is 0 Å². The minimum Gasteiger partial charge on any atom is -0.489 e. The molecule has 0 spiro atoms. The first-order valence-electron chi connectivity index (χ1n) is 10.6. The Kier molecular flexibility index (Phi) is 7.91. The molecule has 3 aromatic rings. The van der Waals surface area contributed by atoms with Crippen molar-refractivity contribution in [1.29, 1.82) is 0 Å². The van der Waals surface area contributed by atoms with Crippen LogP contribution in [0.4, 0.5) is 5.82 Å². The van der Waals surface area contributed by atoms with Crippen molar-refractivity contribution in [2.75, 3.05) is 18.5 Å². The highest BCUT2D eigenvalue weighted by molar-refractivity contribution is 9.10. The number of rotatable bonds is 8. The summed E-state index contributed by atoms with van der Waals surface area (Å²) < 4.78 is 12.5. The second kappa shape index (κ2) is 10.6. The van der Waals surface area contributed by atoms with Gasteiger partial charge in [0.1, 0.15) is 23.8 Å². The van der Waals surface area contributed by atoms with Crippen LogP contribution in [0, 0.1) is 0 Å². The zero-order valence-corrected chi connectivity index (χ0v) is 20.6. The van der Waals surface area contributed by atoms with Crippen LogP contribution in [-0.4, -0.2) is 30.1 Å². The maximum absolute atomic E-state index is 12.2. The molecule has 0 bridgehead atoms. The fourth-order valence-corrected chi connectivity index (χ4v) is 3.50. The second-order valence-electron chi connectivity index (χ2n) is 8.60. The summed E-state index contributed by atoms with van der Waals surface area (Å²) >= 11 is 3.56. The Morgan fingerprint density at radius 2 is 1.81 bits per heavy atom. The van der Waals surface area contributed by atoms with E-state index in [1.165, 1.54) is 0 Å². The Bertz CT molecular complexity index is 1030. The molecule has 0 aliphatic carbocycles. The molecular formula is C26H29BrN2O3. The Hall–Kier alpha value is -2.86. The average Bonchev–Trinajstić information content (AvgIpc) is 2.76. The normalized spacial score (nSPS) is 11.2. The lowest BCUT2D eigenvalue weighted by Crippen LogP contribution is -2.24. The molecule has 0 saturated heterocycles. The van der Waals surface area contributed by atoms with Gasteiger partial charge in [-0.3, -0.25) is 0 Å². The second-order valence-corrected chi connectivity index (χ2v) is 9.52. The first-order chi connectivity index (χ1) is 15.2. The van der Waals surface area contributed by atoms with Gasteiger partial charge in [0.2, 0.25) is 0 Å². The number of halogens is 1. The first kappa shape index (κ1) is 23.8. The molecule has 0 amide bonds. The fourth-order valence-electron chi connectivity index (χ4n) is 3.09. The molecule has 1 aromatic heterocycles. The molecule has 0 N–H and O–H groups in total. The van der Waals surface area contributed by atoms with Crippen molar-refractivity contribution in [1.82, 2.24) is 4.98 Å². The summed E-state index contributed by atoms with van der Waals surface area (Å²) in [4.78, 5) is 18.7. The Morgan fingerprint density at radius 3 is 2.47 bits per heavy atom. The van der Waals surface area contributed by atoms with E-state index in [0.29, 0.717) is 12.2 Å². The summed E-state index contributed by atoms with van der Waals surface area (Å²) in [6.07, 6.45) is 2.35. The van der Waals surface area contributed by atoms with E-state index in [1.807, 2.05) is 64.2 Å². The number of likely N-dealkylation sites (N-methyl/N-ethyl adjacent to an activating group) is 1. The van der Waals surface area contributed by atoms with Crippen LogP contribution in [0.5, 0.6) is 5.75 Å². The van der Waals surface area contributed by atoms with Gasteiger partial charge in [-0.25, -0.2) is 9.78 Å². The number of carbonyl (C=O) groups excluding carboxylic acids is 1. The van der Waals surface area contributed by atoms with Gasteiger partial charge in [0.15, 0.2) is 0 Å². The van der Waals surface area contributed by atoms with E-state index < -0.39 is 5.60 Å². The van der Waals surface area contributed by atoms with E-state index in [1.54, 1.807) is 12.3 Å². The number of ether oxygens (including phenoxy) is 2. The average molecular weight is 497 g/mol. The number of esters is 1. The van der Waals surface area contributed by atoms with Crippen LogP contribution in [0.1, 0.15) is 42.3 Å². The minimum atomic E-state index is -0.531. The highest BCUT2D eigenvalue weighted by Crippen LogP contribution is 2.25. The lowest BCUT2D eigenvalue weighted by atomic mass is 10.1. The van der Waals surface area contributed by atoms with Gasteiger partial charge in [0.25, 0.3) is 0 Å². The number of nitrogens with zero attached hydrogens (tertiary/aromatic N) is 2. The molecule has 5 nitrogen and oxygen atoms in total. The van der Waals surface area contributed by atoms with Gasteiger partial charge >= 0.3 is 5.97 Å². The van der Waals surface area contributed by atoms with Crippen molar-refractivity contribution in [2.45, 2.75) is 39.4 Å². The van der Waals surface area contributed by atoms with Crippen molar-refractivity contribution >= 4 is 27.7 Å².